The summed E-state index contributed by atoms with van der Waals surface area (Å²) in [7, 11) is -3.66. The number of nitrogens with zero attached hydrogens (tertiary/aromatic N) is 3. The molecule has 0 bridgehead atoms. The minimum atomic E-state index is -3.66. The molecule has 0 fully saturated rings. The predicted octanol–water partition coefficient (Wildman–Crippen LogP) is 4.65. The van der Waals surface area contributed by atoms with Crippen LogP contribution in [-0.2, 0) is 22.3 Å². The first kappa shape index (κ1) is 22.3. The largest absolute Gasteiger partial charge is 0.273 e. The van der Waals surface area contributed by atoms with Gasteiger partial charge >= 0.3 is 0 Å². The first-order chi connectivity index (χ1) is 15.4. The number of rotatable bonds is 8. The van der Waals surface area contributed by atoms with Gasteiger partial charge in [0.2, 0.25) is 10.0 Å². The summed E-state index contributed by atoms with van der Waals surface area (Å²) in [6, 6.07) is 24.9. The third-order valence-corrected chi connectivity index (χ3v) is 7.37. The Morgan fingerprint density at radius 2 is 1.47 bits per heavy atom. The highest BCUT2D eigenvalue weighted by Crippen LogP contribution is 2.25. The Kier molecular flexibility index (Phi) is 6.74. The topological polar surface area (TPSA) is 76.9 Å². The van der Waals surface area contributed by atoms with Crippen LogP contribution >= 0.6 is 11.8 Å². The van der Waals surface area contributed by atoms with Crippen molar-refractivity contribution in [2.75, 3.05) is 0 Å². The Bertz CT molecular complexity index is 1280. The first-order valence-corrected chi connectivity index (χ1v) is 12.6. The predicted molar refractivity (Wildman–Crippen MR) is 127 cm³/mol. The molecule has 0 saturated heterocycles. The smallest absolute Gasteiger partial charge is 0.240 e. The molecular formula is C24H24N4O2S2. The highest BCUT2D eigenvalue weighted by molar-refractivity contribution is 7.98. The molecule has 3 aromatic carbocycles. The highest BCUT2D eigenvalue weighted by atomic mass is 32.2. The summed E-state index contributed by atoms with van der Waals surface area (Å²) in [5.41, 5.74) is 4.21. The Hall–Kier alpha value is -2.94. The summed E-state index contributed by atoms with van der Waals surface area (Å²) in [6.45, 7) is 3.98. The van der Waals surface area contributed by atoms with E-state index >= 15 is 0 Å². The monoisotopic (exact) mass is 464 g/mol. The van der Waals surface area contributed by atoms with Crippen LogP contribution in [0.1, 0.15) is 22.5 Å². The third kappa shape index (κ3) is 5.27. The maximum Gasteiger partial charge on any atom is 0.240 e. The van der Waals surface area contributed by atoms with E-state index in [1.807, 2.05) is 60.9 Å². The molecule has 0 aliphatic carbocycles. The summed E-state index contributed by atoms with van der Waals surface area (Å²) >= 11 is 1.56. The molecule has 164 valence electrons. The molecule has 0 saturated carbocycles. The Balaban J connectivity index is 1.60. The molecule has 0 radical (unpaired) electrons. The second-order valence-corrected chi connectivity index (χ2v) is 10.2. The number of hydrogen-bond acceptors (Lipinski definition) is 5. The lowest BCUT2D eigenvalue weighted by Crippen LogP contribution is -2.25. The molecule has 8 heteroatoms. The lowest BCUT2D eigenvalue weighted by atomic mass is 10.2. The fourth-order valence-corrected chi connectivity index (χ4v) is 5.05. The Morgan fingerprint density at radius 1 is 0.844 bits per heavy atom. The third-order valence-electron chi connectivity index (χ3n) is 4.95. The molecule has 32 heavy (non-hydrogen) atoms. The van der Waals surface area contributed by atoms with E-state index in [-0.39, 0.29) is 11.4 Å². The van der Waals surface area contributed by atoms with Crippen molar-refractivity contribution in [1.82, 2.24) is 19.5 Å². The van der Waals surface area contributed by atoms with Gasteiger partial charge in [-0.3, -0.25) is 4.57 Å². The van der Waals surface area contributed by atoms with Crippen LogP contribution in [0, 0.1) is 13.8 Å². The van der Waals surface area contributed by atoms with E-state index in [1.54, 1.807) is 36.0 Å². The number of hydrogen-bond donors (Lipinski definition) is 1. The second kappa shape index (κ2) is 9.68. The molecule has 4 aromatic rings. The van der Waals surface area contributed by atoms with Crippen LogP contribution in [0.3, 0.4) is 0 Å². The van der Waals surface area contributed by atoms with E-state index < -0.39 is 10.0 Å². The van der Waals surface area contributed by atoms with E-state index in [0.717, 1.165) is 22.6 Å². The molecule has 0 aliphatic rings. The van der Waals surface area contributed by atoms with Gasteiger partial charge in [-0.15, -0.1) is 10.2 Å². The zero-order chi connectivity index (χ0) is 22.6. The fourth-order valence-electron chi connectivity index (χ4n) is 3.14. The van der Waals surface area contributed by atoms with Crippen molar-refractivity contribution in [1.29, 1.82) is 0 Å². The fraction of sp³-hybridized carbons (Fsp3) is 0.167. The van der Waals surface area contributed by atoms with Gasteiger partial charge in [-0.2, -0.15) is 0 Å². The minimum Gasteiger partial charge on any atom is -0.273 e. The van der Waals surface area contributed by atoms with Crippen LogP contribution in [0.5, 0.6) is 0 Å². The average molecular weight is 465 g/mol. The quantitative estimate of drug-likeness (QED) is 0.384. The van der Waals surface area contributed by atoms with Crippen LogP contribution in [-0.4, -0.2) is 23.2 Å². The molecule has 4 rings (SSSR count). The molecule has 0 amide bonds. The second-order valence-electron chi connectivity index (χ2n) is 7.48. The van der Waals surface area contributed by atoms with Crippen LogP contribution in [0.15, 0.2) is 88.9 Å². The van der Waals surface area contributed by atoms with Crippen molar-refractivity contribution in [2.45, 2.75) is 36.2 Å². The van der Waals surface area contributed by atoms with Gasteiger partial charge < -0.3 is 0 Å². The standard InChI is InChI=1S/C24H24N4O2S2/c1-18-8-12-21(13-9-18)28-23(16-25-32(29,30)22-14-10-19(2)11-15-22)26-27-24(28)31-17-20-6-4-3-5-7-20/h3-15,25H,16-17H2,1-2H3. The Labute approximate surface area is 192 Å². The van der Waals surface area contributed by atoms with E-state index in [9.17, 15) is 8.42 Å². The number of nitrogens with one attached hydrogen (secondary N) is 1. The van der Waals surface area contributed by atoms with Gasteiger partial charge in [0, 0.05) is 11.4 Å². The molecular weight excluding hydrogens is 440 g/mol. The molecule has 0 atom stereocenters. The summed E-state index contributed by atoms with van der Waals surface area (Å²) in [5.74, 6) is 1.26. The van der Waals surface area contributed by atoms with Gasteiger partial charge in [0.1, 0.15) is 0 Å². The van der Waals surface area contributed by atoms with Crippen molar-refractivity contribution in [2.24, 2.45) is 0 Å². The Morgan fingerprint density at radius 3 is 2.12 bits per heavy atom. The van der Waals surface area contributed by atoms with Crippen molar-refractivity contribution in [3.8, 4) is 5.69 Å². The van der Waals surface area contributed by atoms with Crippen LogP contribution in [0.4, 0.5) is 0 Å². The van der Waals surface area contributed by atoms with E-state index in [0.29, 0.717) is 11.0 Å². The van der Waals surface area contributed by atoms with Crippen molar-refractivity contribution in [3.05, 3.63) is 101 Å². The van der Waals surface area contributed by atoms with Gasteiger partial charge in [-0.1, -0.05) is 77.5 Å². The molecule has 0 unspecified atom stereocenters. The van der Waals surface area contributed by atoms with E-state index in [1.165, 1.54) is 5.56 Å². The number of thioether (sulfide) groups is 1. The van der Waals surface area contributed by atoms with Crippen molar-refractivity contribution in [3.63, 3.8) is 0 Å². The number of sulfonamides is 1. The van der Waals surface area contributed by atoms with E-state index in [4.69, 9.17) is 0 Å². The SMILES string of the molecule is Cc1ccc(-n2c(CNS(=O)(=O)c3ccc(C)cc3)nnc2SCc2ccccc2)cc1. The normalized spacial score (nSPS) is 11.6. The molecule has 0 aliphatic heterocycles. The van der Waals surface area contributed by atoms with Gasteiger partial charge in [-0.25, -0.2) is 13.1 Å². The minimum absolute atomic E-state index is 0.0307. The summed E-state index contributed by atoms with van der Waals surface area (Å²) < 4.78 is 30.1. The maximum absolute atomic E-state index is 12.8. The number of benzene rings is 3. The first-order valence-electron chi connectivity index (χ1n) is 10.2. The molecule has 1 heterocycles. The lowest BCUT2D eigenvalue weighted by molar-refractivity contribution is 0.578. The van der Waals surface area contributed by atoms with Crippen LogP contribution in [0.2, 0.25) is 0 Å². The van der Waals surface area contributed by atoms with Gasteiger partial charge in [0.15, 0.2) is 11.0 Å². The zero-order valence-electron chi connectivity index (χ0n) is 17.9. The maximum atomic E-state index is 12.8. The van der Waals surface area contributed by atoms with Crippen molar-refractivity contribution < 1.29 is 8.42 Å². The van der Waals surface area contributed by atoms with Crippen LogP contribution < -0.4 is 4.72 Å². The summed E-state index contributed by atoms with van der Waals surface area (Å²) in [4.78, 5) is 0.225. The highest BCUT2D eigenvalue weighted by Gasteiger charge is 2.19. The van der Waals surface area contributed by atoms with Crippen molar-refractivity contribution >= 4 is 21.8 Å². The van der Waals surface area contributed by atoms with Gasteiger partial charge in [0.25, 0.3) is 0 Å². The molecule has 1 N–H and O–H groups in total. The average Bonchev–Trinajstić information content (AvgIpc) is 3.21. The van der Waals surface area contributed by atoms with Gasteiger partial charge in [0.05, 0.1) is 11.4 Å². The molecule has 6 nitrogen and oxygen atoms in total. The molecule has 1 aromatic heterocycles. The number of aryl methyl sites for hydroxylation is 2. The van der Waals surface area contributed by atoms with E-state index in [2.05, 4.69) is 27.1 Å². The summed E-state index contributed by atoms with van der Waals surface area (Å²) in [5, 5.41) is 9.37. The summed E-state index contributed by atoms with van der Waals surface area (Å²) in [6.07, 6.45) is 0. The molecule has 0 spiro atoms. The zero-order valence-corrected chi connectivity index (χ0v) is 19.5. The van der Waals surface area contributed by atoms with Crippen LogP contribution in [0.25, 0.3) is 5.69 Å². The van der Waals surface area contributed by atoms with Gasteiger partial charge in [-0.05, 0) is 43.7 Å². The lowest BCUT2D eigenvalue weighted by Gasteiger charge is -2.12. The number of aromatic nitrogens is 3.